The zero-order valence-corrected chi connectivity index (χ0v) is 15.3. The van der Waals surface area contributed by atoms with E-state index in [9.17, 15) is 9.59 Å². The van der Waals surface area contributed by atoms with Gasteiger partial charge in [0.15, 0.2) is 0 Å². The van der Waals surface area contributed by atoms with Crippen LogP contribution in [0, 0.1) is 0 Å². The number of methoxy groups -OCH3 is 1. The largest absolute Gasteiger partial charge is 0.474 e. The lowest BCUT2D eigenvalue weighted by molar-refractivity contribution is 0.0599. The molecule has 0 aliphatic carbocycles. The minimum Gasteiger partial charge on any atom is -0.474 e. The molecule has 138 valence electrons. The maximum atomic E-state index is 12.1. The molecule has 1 saturated heterocycles. The van der Waals surface area contributed by atoms with E-state index in [1.807, 2.05) is 6.92 Å². The maximum absolute atomic E-state index is 12.1. The molecular weight excluding hydrogens is 348 g/mol. The van der Waals surface area contributed by atoms with Crippen molar-refractivity contribution in [2.75, 3.05) is 26.9 Å². The summed E-state index contributed by atoms with van der Waals surface area (Å²) in [5.41, 5.74) is 0.252. The average Bonchev–Trinajstić information content (AvgIpc) is 3.08. The SMILES string of the molecule is CCCCOC(=O)N1CCCC1COc1ncc(C(=O)OC)cc1Cl. The topological polar surface area (TPSA) is 78.0 Å². The fourth-order valence-corrected chi connectivity index (χ4v) is 2.79. The summed E-state index contributed by atoms with van der Waals surface area (Å²) in [4.78, 5) is 29.3. The fourth-order valence-electron chi connectivity index (χ4n) is 2.57. The van der Waals surface area contributed by atoms with Crippen LogP contribution in [-0.4, -0.2) is 54.9 Å². The lowest BCUT2D eigenvalue weighted by Gasteiger charge is -2.24. The van der Waals surface area contributed by atoms with Gasteiger partial charge in [-0.25, -0.2) is 14.6 Å². The van der Waals surface area contributed by atoms with Crippen molar-refractivity contribution in [1.29, 1.82) is 0 Å². The second kappa shape index (κ2) is 9.46. The molecule has 1 atom stereocenters. The van der Waals surface area contributed by atoms with Gasteiger partial charge < -0.3 is 19.1 Å². The predicted octanol–water partition coefficient (Wildman–Crippen LogP) is 3.30. The van der Waals surface area contributed by atoms with Crippen molar-refractivity contribution in [3.8, 4) is 5.88 Å². The quantitative estimate of drug-likeness (QED) is 0.541. The molecule has 1 amide bonds. The number of nitrogens with zero attached hydrogens (tertiary/aromatic N) is 2. The highest BCUT2D eigenvalue weighted by Crippen LogP contribution is 2.25. The number of hydrogen-bond donors (Lipinski definition) is 0. The second-order valence-electron chi connectivity index (χ2n) is 5.77. The number of esters is 1. The molecule has 0 saturated carbocycles. The van der Waals surface area contributed by atoms with Crippen LogP contribution in [-0.2, 0) is 9.47 Å². The van der Waals surface area contributed by atoms with Gasteiger partial charge in [0, 0.05) is 12.7 Å². The van der Waals surface area contributed by atoms with E-state index >= 15 is 0 Å². The molecule has 0 aromatic carbocycles. The first-order valence-electron chi connectivity index (χ1n) is 8.36. The summed E-state index contributed by atoms with van der Waals surface area (Å²) in [6.07, 6.45) is 4.61. The third-order valence-electron chi connectivity index (χ3n) is 3.98. The summed E-state index contributed by atoms with van der Waals surface area (Å²) >= 11 is 6.10. The number of hydrogen-bond acceptors (Lipinski definition) is 6. The van der Waals surface area contributed by atoms with Gasteiger partial charge in [-0.3, -0.25) is 0 Å². The van der Waals surface area contributed by atoms with Crippen LogP contribution in [0.15, 0.2) is 12.3 Å². The van der Waals surface area contributed by atoms with Gasteiger partial charge in [-0.2, -0.15) is 0 Å². The van der Waals surface area contributed by atoms with Crippen LogP contribution in [0.3, 0.4) is 0 Å². The Hall–Kier alpha value is -2.02. The molecule has 25 heavy (non-hydrogen) atoms. The molecule has 1 fully saturated rings. The Morgan fingerprint density at radius 3 is 2.92 bits per heavy atom. The van der Waals surface area contributed by atoms with Crippen molar-refractivity contribution in [2.45, 2.75) is 38.6 Å². The first kappa shape index (κ1) is 19.3. The van der Waals surface area contributed by atoms with Crippen LogP contribution in [0.2, 0.25) is 5.02 Å². The molecule has 7 nitrogen and oxygen atoms in total. The highest BCUT2D eigenvalue weighted by molar-refractivity contribution is 6.32. The van der Waals surface area contributed by atoms with Crippen molar-refractivity contribution < 1.29 is 23.8 Å². The van der Waals surface area contributed by atoms with Crippen molar-refractivity contribution in [1.82, 2.24) is 9.88 Å². The van der Waals surface area contributed by atoms with Crippen molar-refractivity contribution in [3.05, 3.63) is 22.8 Å². The van der Waals surface area contributed by atoms with Gasteiger partial charge in [0.2, 0.25) is 5.88 Å². The summed E-state index contributed by atoms with van der Waals surface area (Å²) in [5, 5.41) is 0.220. The van der Waals surface area contributed by atoms with Gasteiger partial charge >= 0.3 is 12.1 Å². The monoisotopic (exact) mass is 370 g/mol. The number of aromatic nitrogens is 1. The number of halogens is 1. The molecule has 2 rings (SSSR count). The van der Waals surface area contributed by atoms with E-state index in [0.29, 0.717) is 13.2 Å². The highest BCUT2D eigenvalue weighted by atomic mass is 35.5. The van der Waals surface area contributed by atoms with Crippen LogP contribution in [0.25, 0.3) is 0 Å². The van der Waals surface area contributed by atoms with Crippen LogP contribution in [0.1, 0.15) is 43.0 Å². The van der Waals surface area contributed by atoms with E-state index < -0.39 is 5.97 Å². The number of pyridine rings is 1. The van der Waals surface area contributed by atoms with Crippen molar-refractivity contribution in [2.24, 2.45) is 0 Å². The minimum absolute atomic E-state index is 0.0766. The summed E-state index contributed by atoms with van der Waals surface area (Å²) in [6, 6.07) is 1.37. The number of carbonyl (C=O) groups excluding carboxylic acids is 2. The van der Waals surface area contributed by atoms with Gasteiger partial charge in [0.25, 0.3) is 0 Å². The molecule has 0 bridgehead atoms. The maximum Gasteiger partial charge on any atom is 0.410 e. The van der Waals surface area contributed by atoms with Gasteiger partial charge in [0.05, 0.1) is 25.3 Å². The Kier molecular flexibility index (Phi) is 7.31. The Balaban J connectivity index is 1.91. The smallest absolute Gasteiger partial charge is 0.410 e. The highest BCUT2D eigenvalue weighted by Gasteiger charge is 2.30. The molecule has 0 spiro atoms. The average molecular weight is 371 g/mol. The van der Waals surface area contributed by atoms with E-state index in [2.05, 4.69) is 9.72 Å². The summed E-state index contributed by atoms with van der Waals surface area (Å²) in [5.74, 6) is -0.293. The summed E-state index contributed by atoms with van der Waals surface area (Å²) < 4.78 is 15.5. The molecule has 1 aliphatic rings. The molecular formula is C17H23ClN2O5. The molecule has 1 aliphatic heterocycles. The molecule has 8 heteroatoms. The number of unbranched alkanes of at least 4 members (excludes halogenated alkanes) is 1. The van der Waals surface area contributed by atoms with Gasteiger partial charge in [-0.15, -0.1) is 0 Å². The molecule has 2 heterocycles. The molecule has 1 aromatic heterocycles. The predicted molar refractivity (Wildman–Crippen MR) is 92.1 cm³/mol. The molecule has 1 aromatic rings. The Bertz CT molecular complexity index is 611. The Morgan fingerprint density at radius 1 is 1.44 bits per heavy atom. The van der Waals surface area contributed by atoms with Crippen LogP contribution >= 0.6 is 11.6 Å². The van der Waals surface area contributed by atoms with E-state index in [-0.39, 0.29) is 35.2 Å². The van der Waals surface area contributed by atoms with Crippen molar-refractivity contribution >= 4 is 23.7 Å². The Labute approximate surface area is 152 Å². The fraction of sp³-hybridized carbons (Fsp3) is 0.588. The first-order valence-corrected chi connectivity index (χ1v) is 8.74. The van der Waals surface area contributed by atoms with Crippen molar-refractivity contribution in [3.63, 3.8) is 0 Å². The van der Waals surface area contributed by atoms with Crippen LogP contribution in [0.5, 0.6) is 5.88 Å². The molecule has 0 N–H and O–H groups in total. The Morgan fingerprint density at radius 2 is 2.24 bits per heavy atom. The lowest BCUT2D eigenvalue weighted by atomic mass is 10.2. The van der Waals surface area contributed by atoms with Crippen LogP contribution in [0.4, 0.5) is 4.79 Å². The van der Waals surface area contributed by atoms with E-state index in [4.69, 9.17) is 21.1 Å². The van der Waals surface area contributed by atoms with E-state index in [1.54, 1.807) is 4.90 Å². The summed E-state index contributed by atoms with van der Waals surface area (Å²) in [7, 11) is 1.29. The standard InChI is InChI=1S/C17H23ClN2O5/c1-3-4-8-24-17(22)20-7-5-6-13(20)11-25-15-14(18)9-12(10-19-15)16(21)23-2/h9-10,13H,3-8,11H2,1-2H3. The van der Waals surface area contributed by atoms with Gasteiger partial charge in [-0.05, 0) is 25.3 Å². The van der Waals surface area contributed by atoms with Gasteiger partial charge in [-0.1, -0.05) is 24.9 Å². The number of amides is 1. The van der Waals surface area contributed by atoms with Crippen LogP contribution < -0.4 is 4.74 Å². The third-order valence-corrected chi connectivity index (χ3v) is 4.25. The lowest BCUT2D eigenvalue weighted by Crippen LogP contribution is -2.39. The zero-order chi connectivity index (χ0) is 18.2. The zero-order valence-electron chi connectivity index (χ0n) is 14.5. The molecule has 0 radical (unpaired) electrons. The number of rotatable bonds is 7. The number of likely N-dealkylation sites (tertiary alicyclic amines) is 1. The van der Waals surface area contributed by atoms with Gasteiger partial charge in [0.1, 0.15) is 11.6 Å². The second-order valence-corrected chi connectivity index (χ2v) is 6.18. The van der Waals surface area contributed by atoms with E-state index in [0.717, 1.165) is 25.7 Å². The normalized spacial score (nSPS) is 16.6. The minimum atomic E-state index is -0.516. The number of carbonyl (C=O) groups is 2. The summed E-state index contributed by atoms with van der Waals surface area (Å²) in [6.45, 7) is 3.40. The third kappa shape index (κ3) is 5.22. The first-order chi connectivity index (χ1) is 12.1. The molecule has 1 unspecified atom stereocenters. The number of ether oxygens (including phenoxy) is 3. The van der Waals surface area contributed by atoms with E-state index in [1.165, 1.54) is 19.4 Å².